The Morgan fingerprint density at radius 3 is 2.38 bits per heavy atom. The highest BCUT2D eigenvalue weighted by atomic mass is 19.1. The van der Waals surface area contributed by atoms with Crippen molar-refractivity contribution in [3.05, 3.63) is 53.9 Å². The molecule has 0 saturated heterocycles. The SMILES string of the molecule is N#Cc1cc(F)c(-c2ccncc2)cc1F. The molecule has 0 saturated carbocycles. The summed E-state index contributed by atoms with van der Waals surface area (Å²) in [6.07, 6.45) is 2.98. The lowest BCUT2D eigenvalue weighted by atomic mass is 10.0. The molecule has 2 aromatic rings. The smallest absolute Gasteiger partial charge is 0.141 e. The second kappa shape index (κ2) is 4.07. The van der Waals surface area contributed by atoms with E-state index in [0.717, 1.165) is 12.1 Å². The van der Waals surface area contributed by atoms with Crippen LogP contribution in [0.4, 0.5) is 8.78 Å². The third-order valence-corrected chi connectivity index (χ3v) is 2.17. The van der Waals surface area contributed by atoms with E-state index >= 15 is 0 Å². The Balaban J connectivity index is 2.60. The predicted octanol–water partition coefficient (Wildman–Crippen LogP) is 2.90. The fourth-order valence-electron chi connectivity index (χ4n) is 1.39. The van der Waals surface area contributed by atoms with E-state index in [1.807, 2.05) is 0 Å². The van der Waals surface area contributed by atoms with Gasteiger partial charge in [0.25, 0.3) is 0 Å². The fourth-order valence-corrected chi connectivity index (χ4v) is 1.39. The molecule has 4 heteroatoms. The molecule has 0 aliphatic rings. The molecule has 16 heavy (non-hydrogen) atoms. The van der Waals surface area contributed by atoms with Gasteiger partial charge in [-0.2, -0.15) is 5.26 Å². The molecule has 0 spiro atoms. The lowest BCUT2D eigenvalue weighted by molar-refractivity contribution is 0.600. The first-order valence-corrected chi connectivity index (χ1v) is 4.52. The van der Waals surface area contributed by atoms with Gasteiger partial charge in [-0.1, -0.05) is 0 Å². The molecular weight excluding hydrogens is 210 g/mol. The van der Waals surface area contributed by atoms with Crippen molar-refractivity contribution in [2.75, 3.05) is 0 Å². The van der Waals surface area contributed by atoms with Crippen LogP contribution in [0.3, 0.4) is 0 Å². The second-order valence-corrected chi connectivity index (χ2v) is 3.16. The standard InChI is InChI=1S/C12H6F2N2/c13-11-6-10(8-1-3-16-4-2-8)12(14)5-9(11)7-15/h1-6H. The number of aromatic nitrogens is 1. The molecule has 2 rings (SSSR count). The van der Waals surface area contributed by atoms with E-state index in [4.69, 9.17) is 5.26 Å². The summed E-state index contributed by atoms with van der Waals surface area (Å²) in [5.41, 5.74) is 0.352. The van der Waals surface area contributed by atoms with Gasteiger partial charge in [-0.15, -0.1) is 0 Å². The molecule has 0 bridgehead atoms. The van der Waals surface area contributed by atoms with Crippen molar-refractivity contribution >= 4 is 0 Å². The van der Waals surface area contributed by atoms with Crippen LogP contribution in [0.15, 0.2) is 36.7 Å². The van der Waals surface area contributed by atoms with Crippen molar-refractivity contribution in [2.24, 2.45) is 0 Å². The lowest BCUT2D eigenvalue weighted by Crippen LogP contribution is -1.91. The van der Waals surface area contributed by atoms with E-state index < -0.39 is 11.6 Å². The molecule has 0 unspecified atom stereocenters. The van der Waals surface area contributed by atoms with Crippen LogP contribution < -0.4 is 0 Å². The highest BCUT2D eigenvalue weighted by molar-refractivity contribution is 5.64. The quantitative estimate of drug-likeness (QED) is 0.734. The van der Waals surface area contributed by atoms with Gasteiger partial charge in [0.15, 0.2) is 0 Å². The van der Waals surface area contributed by atoms with Gasteiger partial charge in [-0.05, 0) is 29.8 Å². The van der Waals surface area contributed by atoms with Crippen LogP contribution in [-0.4, -0.2) is 4.98 Å². The largest absolute Gasteiger partial charge is 0.265 e. The molecule has 0 radical (unpaired) electrons. The normalized spacial score (nSPS) is 9.81. The Hall–Kier alpha value is -2.28. The van der Waals surface area contributed by atoms with Gasteiger partial charge in [0.05, 0.1) is 5.56 Å². The highest BCUT2D eigenvalue weighted by Crippen LogP contribution is 2.24. The molecule has 1 heterocycles. The third-order valence-electron chi connectivity index (χ3n) is 2.17. The van der Waals surface area contributed by atoms with Gasteiger partial charge in [0, 0.05) is 18.0 Å². The zero-order valence-corrected chi connectivity index (χ0v) is 8.11. The third kappa shape index (κ3) is 1.75. The Kier molecular flexibility index (Phi) is 2.61. The van der Waals surface area contributed by atoms with Crippen LogP contribution in [-0.2, 0) is 0 Å². The van der Waals surface area contributed by atoms with Crippen molar-refractivity contribution in [1.82, 2.24) is 4.98 Å². The first-order valence-electron chi connectivity index (χ1n) is 4.52. The lowest BCUT2D eigenvalue weighted by Gasteiger charge is -2.04. The number of halogens is 2. The summed E-state index contributed by atoms with van der Waals surface area (Å²) in [6.45, 7) is 0. The molecule has 0 aliphatic carbocycles. The van der Waals surface area contributed by atoms with E-state index in [1.165, 1.54) is 12.4 Å². The van der Waals surface area contributed by atoms with Gasteiger partial charge in [-0.25, -0.2) is 8.78 Å². The summed E-state index contributed by atoms with van der Waals surface area (Å²) >= 11 is 0. The van der Waals surface area contributed by atoms with E-state index in [9.17, 15) is 8.78 Å². The van der Waals surface area contributed by atoms with Crippen LogP contribution in [0.1, 0.15) is 5.56 Å². The van der Waals surface area contributed by atoms with Crippen molar-refractivity contribution in [3.8, 4) is 17.2 Å². The number of rotatable bonds is 1. The fraction of sp³-hybridized carbons (Fsp3) is 0. The number of hydrogen-bond donors (Lipinski definition) is 0. The predicted molar refractivity (Wildman–Crippen MR) is 54.3 cm³/mol. The van der Waals surface area contributed by atoms with Crippen LogP contribution in [0.5, 0.6) is 0 Å². The summed E-state index contributed by atoms with van der Waals surface area (Å²) in [7, 11) is 0. The van der Waals surface area contributed by atoms with Crippen LogP contribution in [0.25, 0.3) is 11.1 Å². The van der Waals surface area contributed by atoms with E-state index in [-0.39, 0.29) is 11.1 Å². The summed E-state index contributed by atoms with van der Waals surface area (Å²) in [5, 5.41) is 8.54. The summed E-state index contributed by atoms with van der Waals surface area (Å²) in [5.74, 6) is -1.35. The van der Waals surface area contributed by atoms with Crippen LogP contribution >= 0.6 is 0 Å². The maximum atomic E-state index is 13.6. The number of nitrogens with zero attached hydrogens (tertiary/aromatic N) is 2. The van der Waals surface area contributed by atoms with Gasteiger partial charge in [0.2, 0.25) is 0 Å². The summed E-state index contributed by atoms with van der Waals surface area (Å²) in [6, 6.07) is 6.65. The van der Waals surface area contributed by atoms with Gasteiger partial charge < -0.3 is 0 Å². The number of benzene rings is 1. The van der Waals surface area contributed by atoms with Crippen LogP contribution in [0.2, 0.25) is 0 Å². The number of hydrogen-bond acceptors (Lipinski definition) is 2. The van der Waals surface area contributed by atoms with E-state index in [2.05, 4.69) is 4.98 Å². The average Bonchev–Trinajstić information content (AvgIpc) is 2.32. The molecule has 0 amide bonds. The molecule has 0 fully saturated rings. The maximum Gasteiger partial charge on any atom is 0.141 e. The minimum Gasteiger partial charge on any atom is -0.265 e. The maximum absolute atomic E-state index is 13.6. The van der Waals surface area contributed by atoms with Crippen LogP contribution in [0, 0.1) is 23.0 Å². The molecule has 78 valence electrons. The van der Waals surface area contributed by atoms with E-state index in [0.29, 0.717) is 5.56 Å². The molecule has 2 nitrogen and oxygen atoms in total. The molecular formula is C12H6F2N2. The van der Waals surface area contributed by atoms with Crippen molar-refractivity contribution in [1.29, 1.82) is 5.26 Å². The van der Waals surface area contributed by atoms with Gasteiger partial charge >= 0.3 is 0 Å². The monoisotopic (exact) mass is 216 g/mol. The Morgan fingerprint density at radius 1 is 1.06 bits per heavy atom. The first-order chi connectivity index (χ1) is 7.72. The minimum absolute atomic E-state index is 0.124. The summed E-state index contributed by atoms with van der Waals surface area (Å²) < 4.78 is 26.9. The molecule has 0 atom stereocenters. The highest BCUT2D eigenvalue weighted by Gasteiger charge is 2.10. The molecule has 0 aliphatic heterocycles. The van der Waals surface area contributed by atoms with Gasteiger partial charge in [0.1, 0.15) is 17.7 Å². The summed E-state index contributed by atoms with van der Waals surface area (Å²) in [4.78, 5) is 3.79. The first kappa shape index (κ1) is 10.2. The average molecular weight is 216 g/mol. The van der Waals surface area contributed by atoms with Crippen molar-refractivity contribution in [2.45, 2.75) is 0 Å². The second-order valence-electron chi connectivity index (χ2n) is 3.16. The Bertz CT molecular complexity index is 559. The van der Waals surface area contributed by atoms with Gasteiger partial charge in [-0.3, -0.25) is 4.98 Å². The Labute approximate surface area is 90.8 Å². The Morgan fingerprint density at radius 2 is 1.75 bits per heavy atom. The molecule has 1 aromatic carbocycles. The number of pyridine rings is 1. The minimum atomic E-state index is -0.726. The van der Waals surface area contributed by atoms with Crippen molar-refractivity contribution < 1.29 is 8.78 Å². The van der Waals surface area contributed by atoms with E-state index in [1.54, 1.807) is 18.2 Å². The number of nitriles is 1. The topological polar surface area (TPSA) is 36.7 Å². The zero-order valence-electron chi connectivity index (χ0n) is 8.11. The zero-order chi connectivity index (χ0) is 11.5. The molecule has 0 N–H and O–H groups in total. The van der Waals surface area contributed by atoms with Crippen molar-refractivity contribution in [3.63, 3.8) is 0 Å². The molecule has 1 aromatic heterocycles.